The minimum absolute atomic E-state index is 0.430. The maximum Gasteiger partial charge on any atom is 0.406 e. The third-order valence-corrected chi connectivity index (χ3v) is 3.73. The van der Waals surface area contributed by atoms with Gasteiger partial charge < -0.3 is 10.0 Å². The average Bonchev–Trinajstić information content (AvgIpc) is 2.58. The van der Waals surface area contributed by atoms with Crippen molar-refractivity contribution in [3.63, 3.8) is 0 Å². The van der Waals surface area contributed by atoms with Gasteiger partial charge in [-0.25, -0.2) is 8.42 Å². The zero-order valence-electron chi connectivity index (χ0n) is 9.90. The fourth-order valence-electron chi connectivity index (χ4n) is 1.87. The van der Waals surface area contributed by atoms with E-state index in [1.54, 1.807) is 0 Å². The quantitative estimate of drug-likeness (QED) is 0.786. The molecular formula is C9H12F3NO5S. The number of nitrogens with zero attached hydrogens (tertiary/aromatic N) is 1. The molecular weight excluding hydrogens is 291 g/mol. The fraction of sp³-hybridized carbons (Fsp3) is 0.778. The molecule has 1 saturated heterocycles. The molecule has 0 aliphatic carbocycles. The maximum absolute atomic E-state index is 12.8. The van der Waals surface area contributed by atoms with Gasteiger partial charge in [-0.1, -0.05) is 0 Å². The molecule has 1 aliphatic heterocycles. The van der Waals surface area contributed by atoms with Gasteiger partial charge >= 0.3 is 12.1 Å². The molecule has 110 valence electrons. The van der Waals surface area contributed by atoms with Crippen LogP contribution in [0.25, 0.3) is 0 Å². The van der Waals surface area contributed by atoms with Gasteiger partial charge in [0.05, 0.1) is 0 Å². The molecule has 1 atom stereocenters. The van der Waals surface area contributed by atoms with Crippen molar-refractivity contribution in [3.05, 3.63) is 0 Å². The first kappa shape index (κ1) is 15.7. The van der Waals surface area contributed by atoms with Crippen LogP contribution in [0.2, 0.25) is 0 Å². The predicted molar refractivity (Wildman–Crippen MR) is 57.0 cm³/mol. The minimum atomic E-state index is -5.00. The number of likely N-dealkylation sites (tertiary alicyclic amines) is 1. The third-order valence-electron chi connectivity index (χ3n) is 2.96. The Morgan fingerprint density at radius 2 is 1.89 bits per heavy atom. The van der Waals surface area contributed by atoms with Gasteiger partial charge in [-0.2, -0.15) is 13.2 Å². The summed E-state index contributed by atoms with van der Waals surface area (Å²) in [5.74, 6) is -4.01. The molecule has 1 heterocycles. The normalized spacial score (nSPS) is 24.5. The van der Waals surface area contributed by atoms with Crippen LogP contribution in [0, 0.1) is 5.41 Å². The van der Waals surface area contributed by atoms with Crippen molar-refractivity contribution >= 4 is 21.7 Å². The number of carbonyl (C=O) groups excluding carboxylic acids is 1. The lowest BCUT2D eigenvalue weighted by atomic mass is 9.86. The standard InChI is InChI=1S/C9H12F3NO5S/c1-19(17,18)4-6(14)13-3-2-8(5-13,7(15)16)9(10,11)12/h2-5H2,1H3,(H,15,16). The van der Waals surface area contributed by atoms with Crippen molar-refractivity contribution in [1.82, 2.24) is 4.90 Å². The van der Waals surface area contributed by atoms with E-state index in [4.69, 9.17) is 5.11 Å². The summed E-state index contributed by atoms with van der Waals surface area (Å²) in [5, 5.41) is 8.76. The second-order valence-corrected chi connectivity index (χ2v) is 6.66. The van der Waals surface area contributed by atoms with E-state index in [1.807, 2.05) is 0 Å². The Kier molecular flexibility index (Phi) is 3.86. The summed E-state index contributed by atoms with van der Waals surface area (Å²) >= 11 is 0. The molecule has 0 bridgehead atoms. The monoisotopic (exact) mass is 303 g/mol. The van der Waals surface area contributed by atoms with Gasteiger partial charge in [-0.3, -0.25) is 9.59 Å². The van der Waals surface area contributed by atoms with E-state index in [9.17, 15) is 31.2 Å². The lowest BCUT2D eigenvalue weighted by molar-refractivity contribution is -0.227. The van der Waals surface area contributed by atoms with Crippen LogP contribution >= 0.6 is 0 Å². The lowest BCUT2D eigenvalue weighted by Crippen LogP contribution is -2.48. The van der Waals surface area contributed by atoms with Crippen LogP contribution in [0.3, 0.4) is 0 Å². The Balaban J connectivity index is 2.93. The smallest absolute Gasteiger partial charge is 0.406 e. The van der Waals surface area contributed by atoms with E-state index in [0.717, 1.165) is 6.26 Å². The zero-order valence-corrected chi connectivity index (χ0v) is 10.7. The molecule has 1 N–H and O–H groups in total. The molecule has 0 aromatic heterocycles. The lowest BCUT2D eigenvalue weighted by Gasteiger charge is -2.27. The summed E-state index contributed by atoms with van der Waals surface area (Å²) in [6, 6.07) is 0. The SMILES string of the molecule is CS(=O)(=O)CC(=O)N1CCC(C(=O)O)(C(F)(F)F)C1. The number of aliphatic carboxylic acids is 1. The van der Waals surface area contributed by atoms with Gasteiger partial charge in [-0.15, -0.1) is 0 Å². The molecule has 1 fully saturated rings. The third kappa shape index (κ3) is 3.17. The van der Waals surface area contributed by atoms with Crippen molar-refractivity contribution < 1.29 is 36.3 Å². The van der Waals surface area contributed by atoms with E-state index in [0.29, 0.717) is 4.90 Å². The molecule has 0 spiro atoms. The largest absolute Gasteiger partial charge is 0.481 e. The van der Waals surface area contributed by atoms with Gasteiger partial charge in [0.25, 0.3) is 0 Å². The van der Waals surface area contributed by atoms with Crippen LogP contribution in [0.15, 0.2) is 0 Å². The first-order valence-electron chi connectivity index (χ1n) is 5.15. The molecule has 6 nitrogen and oxygen atoms in total. The molecule has 1 unspecified atom stereocenters. The second-order valence-electron chi connectivity index (χ2n) is 4.52. The number of alkyl halides is 3. The van der Waals surface area contributed by atoms with Crippen molar-refractivity contribution in [2.45, 2.75) is 12.6 Å². The van der Waals surface area contributed by atoms with E-state index in [-0.39, 0.29) is 0 Å². The summed E-state index contributed by atoms with van der Waals surface area (Å²) in [5.41, 5.74) is -3.01. The Morgan fingerprint density at radius 1 is 1.37 bits per heavy atom. The maximum atomic E-state index is 12.8. The molecule has 10 heteroatoms. The number of hydrogen-bond donors (Lipinski definition) is 1. The molecule has 1 aliphatic rings. The Labute approximate surface area is 107 Å². The first-order valence-corrected chi connectivity index (χ1v) is 7.21. The van der Waals surface area contributed by atoms with Gasteiger partial charge in [-0.05, 0) is 6.42 Å². The highest BCUT2D eigenvalue weighted by atomic mass is 32.2. The van der Waals surface area contributed by atoms with Gasteiger partial charge in [0.15, 0.2) is 15.3 Å². The topological polar surface area (TPSA) is 91.8 Å². The Morgan fingerprint density at radius 3 is 2.21 bits per heavy atom. The number of rotatable bonds is 3. The molecule has 1 rings (SSSR count). The second kappa shape index (κ2) is 4.66. The van der Waals surface area contributed by atoms with Crippen molar-refractivity contribution in [3.8, 4) is 0 Å². The predicted octanol–water partition coefficient (Wildman–Crippen LogP) is -0.103. The van der Waals surface area contributed by atoms with Crippen LogP contribution in [0.5, 0.6) is 0 Å². The number of halogens is 3. The highest BCUT2D eigenvalue weighted by Gasteiger charge is 2.64. The van der Waals surface area contributed by atoms with E-state index >= 15 is 0 Å². The van der Waals surface area contributed by atoms with Crippen LogP contribution in [0.1, 0.15) is 6.42 Å². The number of sulfone groups is 1. The van der Waals surface area contributed by atoms with Gasteiger partial charge in [0.2, 0.25) is 5.91 Å². The minimum Gasteiger partial charge on any atom is -0.481 e. The molecule has 1 amide bonds. The molecule has 0 saturated carbocycles. The summed E-state index contributed by atoms with van der Waals surface area (Å²) in [6.45, 7) is -1.49. The Hall–Kier alpha value is -1.32. The van der Waals surface area contributed by atoms with Crippen LogP contribution in [-0.4, -0.2) is 61.6 Å². The number of amides is 1. The fourth-order valence-corrected chi connectivity index (χ4v) is 2.50. The van der Waals surface area contributed by atoms with E-state index in [2.05, 4.69) is 0 Å². The highest BCUT2D eigenvalue weighted by Crippen LogP contribution is 2.45. The van der Waals surface area contributed by atoms with Crippen molar-refractivity contribution in [1.29, 1.82) is 0 Å². The number of carbonyl (C=O) groups is 2. The number of hydrogen-bond acceptors (Lipinski definition) is 4. The van der Waals surface area contributed by atoms with Crippen LogP contribution < -0.4 is 0 Å². The van der Waals surface area contributed by atoms with Crippen LogP contribution in [0.4, 0.5) is 13.2 Å². The number of carboxylic acids is 1. The van der Waals surface area contributed by atoms with Crippen molar-refractivity contribution in [2.24, 2.45) is 5.41 Å². The number of carboxylic acid groups (broad SMARTS) is 1. The molecule has 19 heavy (non-hydrogen) atoms. The molecule has 0 aromatic carbocycles. The average molecular weight is 303 g/mol. The van der Waals surface area contributed by atoms with Gasteiger partial charge in [0, 0.05) is 19.3 Å². The summed E-state index contributed by atoms with van der Waals surface area (Å²) < 4.78 is 60.2. The summed E-state index contributed by atoms with van der Waals surface area (Å²) in [6.07, 6.45) is -5.00. The first-order chi connectivity index (χ1) is 8.39. The van der Waals surface area contributed by atoms with E-state index in [1.165, 1.54) is 0 Å². The zero-order chi connectivity index (χ0) is 15.1. The highest BCUT2D eigenvalue weighted by molar-refractivity contribution is 7.91. The van der Waals surface area contributed by atoms with Crippen LogP contribution in [-0.2, 0) is 19.4 Å². The van der Waals surface area contributed by atoms with Crippen molar-refractivity contribution in [2.75, 3.05) is 25.1 Å². The summed E-state index contributed by atoms with van der Waals surface area (Å²) in [4.78, 5) is 23.0. The van der Waals surface area contributed by atoms with Gasteiger partial charge in [0.1, 0.15) is 5.75 Å². The van der Waals surface area contributed by atoms with E-state index < -0.39 is 58.6 Å². The molecule has 0 aromatic rings. The Bertz CT molecular complexity index is 500. The summed E-state index contributed by atoms with van der Waals surface area (Å²) in [7, 11) is -3.67. The molecule has 0 radical (unpaired) electrons.